The maximum absolute atomic E-state index is 12.2. The van der Waals surface area contributed by atoms with E-state index in [0.717, 1.165) is 30.2 Å². The number of anilines is 2. The average Bonchev–Trinajstić information content (AvgIpc) is 3.41. The minimum absolute atomic E-state index is 0.0448. The third kappa shape index (κ3) is 5.08. The van der Waals surface area contributed by atoms with Gasteiger partial charge in [-0.3, -0.25) is 14.9 Å². The van der Waals surface area contributed by atoms with Crippen molar-refractivity contribution in [2.45, 2.75) is 18.9 Å². The van der Waals surface area contributed by atoms with Crippen molar-refractivity contribution in [2.75, 3.05) is 24.4 Å². The van der Waals surface area contributed by atoms with Crippen LogP contribution in [0.25, 0.3) is 0 Å². The molecular formula is C18H17N3O7S. The fourth-order valence-corrected chi connectivity index (χ4v) is 3.20. The van der Waals surface area contributed by atoms with Crippen molar-refractivity contribution < 1.29 is 28.8 Å². The second-order valence-corrected chi connectivity index (χ2v) is 7.10. The second kappa shape index (κ2) is 8.69. The van der Waals surface area contributed by atoms with Crippen LogP contribution in [0.15, 0.2) is 29.6 Å². The quantitative estimate of drug-likeness (QED) is 0.379. The fraction of sp³-hybridized carbons (Fsp3) is 0.278. The van der Waals surface area contributed by atoms with Gasteiger partial charge in [0.25, 0.3) is 11.6 Å². The average molecular weight is 419 g/mol. The molecule has 3 rings (SSSR count). The molecule has 0 spiro atoms. The van der Waals surface area contributed by atoms with Gasteiger partial charge in [0.05, 0.1) is 23.3 Å². The van der Waals surface area contributed by atoms with Gasteiger partial charge in [0, 0.05) is 12.1 Å². The number of ether oxygens (including phenoxy) is 2. The number of hydrogen-bond acceptors (Lipinski definition) is 9. The van der Waals surface area contributed by atoms with E-state index in [-0.39, 0.29) is 27.9 Å². The van der Waals surface area contributed by atoms with Crippen LogP contribution in [-0.2, 0) is 14.3 Å². The van der Waals surface area contributed by atoms with Crippen molar-refractivity contribution in [3.8, 4) is 0 Å². The zero-order valence-corrected chi connectivity index (χ0v) is 16.1. The van der Waals surface area contributed by atoms with Gasteiger partial charge < -0.3 is 20.1 Å². The molecule has 10 nitrogen and oxygen atoms in total. The Hall–Kier alpha value is -3.47. The first-order valence-electron chi connectivity index (χ1n) is 8.56. The van der Waals surface area contributed by atoms with Crippen LogP contribution in [0, 0.1) is 10.1 Å². The molecule has 1 heterocycles. The number of nitro groups is 1. The number of nitrogens with one attached hydrogen (secondary N) is 2. The maximum Gasteiger partial charge on any atom is 0.350 e. The molecule has 152 valence electrons. The number of nitrogens with zero attached hydrogens (tertiary/aromatic N) is 1. The van der Waals surface area contributed by atoms with Gasteiger partial charge in [-0.1, -0.05) is 0 Å². The van der Waals surface area contributed by atoms with Gasteiger partial charge in [-0.15, -0.1) is 11.3 Å². The molecule has 1 aliphatic rings. The summed E-state index contributed by atoms with van der Waals surface area (Å²) < 4.78 is 9.54. The number of thiophene rings is 1. The maximum atomic E-state index is 12.2. The van der Waals surface area contributed by atoms with Gasteiger partial charge in [-0.05, 0) is 36.4 Å². The molecule has 2 N–H and O–H groups in total. The summed E-state index contributed by atoms with van der Waals surface area (Å²) >= 11 is 1.09. The van der Waals surface area contributed by atoms with E-state index >= 15 is 0 Å². The number of amides is 1. The summed E-state index contributed by atoms with van der Waals surface area (Å²) in [4.78, 5) is 46.7. The van der Waals surface area contributed by atoms with Crippen molar-refractivity contribution in [2.24, 2.45) is 0 Å². The largest absolute Gasteiger partial charge is 0.465 e. The van der Waals surface area contributed by atoms with E-state index in [9.17, 15) is 24.5 Å². The monoisotopic (exact) mass is 419 g/mol. The molecule has 11 heteroatoms. The Bertz CT molecular complexity index is 968. The summed E-state index contributed by atoms with van der Waals surface area (Å²) in [6, 6.07) is 5.68. The Labute approximate surface area is 169 Å². The molecule has 1 saturated carbocycles. The van der Waals surface area contributed by atoms with E-state index in [1.54, 1.807) is 5.38 Å². The predicted molar refractivity (Wildman–Crippen MR) is 104 cm³/mol. The van der Waals surface area contributed by atoms with Gasteiger partial charge in [-0.25, -0.2) is 9.59 Å². The zero-order chi connectivity index (χ0) is 21.0. The molecule has 0 aliphatic heterocycles. The van der Waals surface area contributed by atoms with Crippen molar-refractivity contribution in [3.05, 3.63) is 50.2 Å². The molecule has 1 fully saturated rings. The highest BCUT2D eigenvalue weighted by atomic mass is 32.1. The Morgan fingerprint density at radius 3 is 2.62 bits per heavy atom. The van der Waals surface area contributed by atoms with Gasteiger partial charge >= 0.3 is 11.9 Å². The van der Waals surface area contributed by atoms with E-state index in [1.165, 1.54) is 25.3 Å². The van der Waals surface area contributed by atoms with Crippen LogP contribution in [0.2, 0.25) is 0 Å². The van der Waals surface area contributed by atoms with E-state index in [2.05, 4.69) is 15.4 Å². The lowest BCUT2D eigenvalue weighted by molar-refractivity contribution is -0.384. The van der Waals surface area contributed by atoms with Crippen molar-refractivity contribution in [1.82, 2.24) is 0 Å². The molecule has 0 bridgehead atoms. The van der Waals surface area contributed by atoms with Crippen LogP contribution in [0.5, 0.6) is 0 Å². The summed E-state index contributed by atoms with van der Waals surface area (Å²) in [6.45, 7) is -0.620. The molecular weight excluding hydrogens is 402 g/mol. The van der Waals surface area contributed by atoms with E-state index in [0.29, 0.717) is 5.69 Å². The van der Waals surface area contributed by atoms with Crippen molar-refractivity contribution in [3.63, 3.8) is 0 Å². The molecule has 1 aliphatic carbocycles. The Balaban J connectivity index is 1.61. The highest BCUT2D eigenvalue weighted by Gasteiger charge is 2.26. The van der Waals surface area contributed by atoms with Gasteiger partial charge in [0.15, 0.2) is 6.61 Å². The van der Waals surface area contributed by atoms with E-state index < -0.39 is 29.4 Å². The Morgan fingerprint density at radius 1 is 1.21 bits per heavy atom. The lowest BCUT2D eigenvalue weighted by Gasteiger charge is -2.09. The minimum Gasteiger partial charge on any atom is -0.465 e. The van der Waals surface area contributed by atoms with Crippen molar-refractivity contribution >= 4 is 46.2 Å². The lowest BCUT2D eigenvalue weighted by Crippen LogP contribution is -2.21. The van der Waals surface area contributed by atoms with Crippen LogP contribution in [0.1, 0.15) is 32.9 Å². The first-order chi connectivity index (χ1) is 13.9. The predicted octanol–water partition coefficient (Wildman–Crippen LogP) is 2.81. The van der Waals surface area contributed by atoms with Crippen molar-refractivity contribution in [1.29, 1.82) is 0 Å². The topological polar surface area (TPSA) is 137 Å². The number of nitro benzene ring substituents is 1. The lowest BCUT2D eigenvalue weighted by atomic mass is 10.1. The minimum atomic E-state index is -0.875. The van der Waals surface area contributed by atoms with E-state index in [4.69, 9.17) is 4.74 Å². The number of esters is 2. The van der Waals surface area contributed by atoms with Crippen LogP contribution >= 0.6 is 11.3 Å². The summed E-state index contributed by atoms with van der Waals surface area (Å²) in [6.07, 6.45) is 1.88. The van der Waals surface area contributed by atoms with Gasteiger partial charge in [0.1, 0.15) is 10.6 Å². The summed E-state index contributed by atoms with van der Waals surface area (Å²) in [5, 5.41) is 18.4. The number of methoxy groups -OCH3 is 1. The molecule has 1 amide bonds. The second-order valence-electron chi connectivity index (χ2n) is 6.19. The highest BCUT2D eigenvalue weighted by molar-refractivity contribution is 7.12. The molecule has 29 heavy (non-hydrogen) atoms. The van der Waals surface area contributed by atoms with E-state index in [1.807, 2.05) is 0 Å². The Morgan fingerprint density at radius 2 is 1.97 bits per heavy atom. The van der Waals surface area contributed by atoms with Gasteiger partial charge in [-0.2, -0.15) is 0 Å². The highest BCUT2D eigenvalue weighted by Crippen LogP contribution is 2.31. The summed E-state index contributed by atoms with van der Waals surface area (Å²) in [5.41, 5.74) is 0.294. The number of carbonyl (C=O) groups is 3. The zero-order valence-electron chi connectivity index (χ0n) is 15.3. The molecule has 0 atom stereocenters. The summed E-state index contributed by atoms with van der Waals surface area (Å²) in [7, 11) is 1.22. The smallest absolute Gasteiger partial charge is 0.350 e. The molecule has 1 aromatic heterocycles. The standard InChI is InChI=1S/C18H17N3O7S/c1-27-18(24)16-13(6-7-29-16)20-15(22)9-28-17(23)10-2-5-12(19-11-3-4-11)14(8-10)21(25)26/h2,5-8,11,19H,3-4,9H2,1H3,(H,20,22). The molecule has 0 unspecified atom stereocenters. The molecule has 1 aromatic carbocycles. The number of carbonyl (C=O) groups excluding carboxylic acids is 3. The fourth-order valence-electron chi connectivity index (χ4n) is 2.44. The third-order valence-corrected chi connectivity index (χ3v) is 4.91. The SMILES string of the molecule is COC(=O)c1sccc1NC(=O)COC(=O)c1ccc(NC2CC2)c([N+](=O)[O-])c1. The first kappa shape index (κ1) is 20.3. The number of hydrogen-bond donors (Lipinski definition) is 2. The number of benzene rings is 1. The van der Waals surface area contributed by atoms with Crippen LogP contribution < -0.4 is 10.6 Å². The third-order valence-electron chi connectivity index (χ3n) is 4.01. The number of rotatable bonds is 8. The van der Waals surface area contributed by atoms with Crippen LogP contribution in [-0.4, -0.2) is 42.5 Å². The molecule has 2 aromatic rings. The van der Waals surface area contributed by atoms with Crippen LogP contribution in [0.3, 0.4) is 0 Å². The molecule has 0 radical (unpaired) electrons. The van der Waals surface area contributed by atoms with Gasteiger partial charge in [0.2, 0.25) is 0 Å². The normalized spacial score (nSPS) is 12.7. The van der Waals surface area contributed by atoms with Crippen LogP contribution in [0.4, 0.5) is 17.1 Å². The first-order valence-corrected chi connectivity index (χ1v) is 9.44. The summed E-state index contributed by atoms with van der Waals surface area (Å²) in [5.74, 6) is -2.14. The Kier molecular flexibility index (Phi) is 6.07. The molecule has 0 saturated heterocycles.